The molecule has 0 radical (unpaired) electrons. The number of aromatic hydroxyl groups is 1. The lowest BCUT2D eigenvalue weighted by molar-refractivity contribution is -0.111. The summed E-state index contributed by atoms with van der Waals surface area (Å²) in [5, 5.41) is 13.3. The number of carbonyl (C=O) groups excluding carboxylic acids is 1. The van der Waals surface area contributed by atoms with Gasteiger partial charge in [-0.05, 0) is 41.3 Å². The highest BCUT2D eigenvalue weighted by Gasteiger charge is 2.13. The Hall–Kier alpha value is -3.16. The summed E-state index contributed by atoms with van der Waals surface area (Å²) in [4.78, 5) is 11.6. The molecule has 3 rings (SSSR count). The lowest BCUT2D eigenvalue weighted by atomic mass is 10.1. The highest BCUT2D eigenvalue weighted by Crippen LogP contribution is 2.30. The number of hydrogen-bond donors (Lipinski definition) is 3. The van der Waals surface area contributed by atoms with Gasteiger partial charge in [-0.1, -0.05) is 30.3 Å². The van der Waals surface area contributed by atoms with E-state index in [2.05, 4.69) is 5.32 Å². The molecular weight excluding hydrogens is 354 g/mol. The fraction of sp³-hybridized carbons (Fsp3) is 0. The van der Waals surface area contributed by atoms with E-state index >= 15 is 0 Å². The van der Waals surface area contributed by atoms with Gasteiger partial charge in [0, 0.05) is 23.2 Å². The van der Waals surface area contributed by atoms with Gasteiger partial charge >= 0.3 is 0 Å². The molecule has 26 heavy (non-hydrogen) atoms. The van der Waals surface area contributed by atoms with Crippen molar-refractivity contribution in [1.29, 1.82) is 0 Å². The molecule has 0 heterocycles. The van der Waals surface area contributed by atoms with Gasteiger partial charge in [0.25, 0.3) is 10.1 Å². The maximum atomic E-state index is 12.0. The molecule has 132 valence electrons. The van der Waals surface area contributed by atoms with Gasteiger partial charge in [0.15, 0.2) is 0 Å². The highest BCUT2D eigenvalue weighted by atomic mass is 32.2. The second kappa shape index (κ2) is 6.99. The molecule has 0 aliphatic carbocycles. The lowest BCUT2D eigenvalue weighted by Crippen LogP contribution is -2.07. The molecule has 0 atom stereocenters. The van der Waals surface area contributed by atoms with Gasteiger partial charge in [-0.3, -0.25) is 9.35 Å². The third kappa shape index (κ3) is 4.08. The number of fused-ring (bicyclic) bond motifs is 1. The molecule has 0 aliphatic heterocycles. The van der Waals surface area contributed by atoms with Crippen LogP contribution < -0.4 is 5.32 Å². The van der Waals surface area contributed by atoms with E-state index in [0.29, 0.717) is 16.5 Å². The molecule has 6 nitrogen and oxygen atoms in total. The first-order valence-electron chi connectivity index (χ1n) is 7.61. The Morgan fingerprint density at radius 3 is 2.42 bits per heavy atom. The number of phenols is 1. The minimum atomic E-state index is -4.45. The molecule has 0 aromatic heterocycles. The van der Waals surface area contributed by atoms with Gasteiger partial charge in [-0.25, -0.2) is 0 Å². The van der Waals surface area contributed by atoms with Crippen LogP contribution in [0.3, 0.4) is 0 Å². The number of anilines is 1. The van der Waals surface area contributed by atoms with E-state index < -0.39 is 15.0 Å². The molecule has 0 saturated heterocycles. The van der Waals surface area contributed by atoms with Crippen LogP contribution in [-0.4, -0.2) is 24.0 Å². The first-order chi connectivity index (χ1) is 12.3. The van der Waals surface area contributed by atoms with E-state index in [0.717, 1.165) is 11.6 Å². The molecule has 3 aromatic carbocycles. The van der Waals surface area contributed by atoms with Crippen LogP contribution >= 0.6 is 0 Å². The number of benzene rings is 3. The molecule has 1 amide bonds. The standard InChI is InChI=1S/C19H15NO5S/c21-18-12-16(26(23,24)25)11-14-10-15(7-8-17(14)18)20-19(22)9-6-13-4-2-1-3-5-13/h1-12,21H,(H,20,22)(H,23,24,25). The molecule has 0 fully saturated rings. The van der Waals surface area contributed by atoms with Crippen LogP contribution in [0.1, 0.15) is 5.56 Å². The van der Waals surface area contributed by atoms with E-state index in [1.807, 2.05) is 30.3 Å². The van der Waals surface area contributed by atoms with Crippen LogP contribution in [0, 0.1) is 0 Å². The van der Waals surface area contributed by atoms with Gasteiger partial charge in [0.1, 0.15) is 5.75 Å². The average Bonchev–Trinajstić information content (AvgIpc) is 2.60. The summed E-state index contributed by atoms with van der Waals surface area (Å²) < 4.78 is 31.7. The van der Waals surface area contributed by atoms with Gasteiger partial charge in [-0.2, -0.15) is 8.42 Å². The lowest BCUT2D eigenvalue weighted by Gasteiger charge is -2.07. The fourth-order valence-electron chi connectivity index (χ4n) is 2.47. The largest absolute Gasteiger partial charge is 0.507 e. The summed E-state index contributed by atoms with van der Waals surface area (Å²) in [6, 6.07) is 16.2. The van der Waals surface area contributed by atoms with Crippen molar-refractivity contribution in [1.82, 2.24) is 0 Å². The summed E-state index contributed by atoms with van der Waals surface area (Å²) in [6.45, 7) is 0. The van der Waals surface area contributed by atoms with E-state index in [-0.39, 0.29) is 11.7 Å². The van der Waals surface area contributed by atoms with E-state index in [1.165, 1.54) is 18.2 Å². The highest BCUT2D eigenvalue weighted by molar-refractivity contribution is 7.85. The molecule has 0 unspecified atom stereocenters. The van der Waals surface area contributed by atoms with Crippen molar-refractivity contribution in [2.24, 2.45) is 0 Å². The predicted molar refractivity (Wildman–Crippen MR) is 99.5 cm³/mol. The molecule has 0 saturated carbocycles. The minimum absolute atomic E-state index is 0.281. The number of hydrogen-bond acceptors (Lipinski definition) is 4. The van der Waals surface area contributed by atoms with Crippen LogP contribution in [0.5, 0.6) is 5.75 Å². The van der Waals surface area contributed by atoms with Crippen molar-refractivity contribution in [2.45, 2.75) is 4.90 Å². The first kappa shape index (κ1) is 17.7. The quantitative estimate of drug-likeness (QED) is 0.483. The van der Waals surface area contributed by atoms with Crippen molar-refractivity contribution >= 4 is 38.6 Å². The molecule has 3 aromatic rings. The van der Waals surface area contributed by atoms with Crippen LogP contribution in [0.2, 0.25) is 0 Å². The Balaban J connectivity index is 1.86. The van der Waals surface area contributed by atoms with Crippen LogP contribution in [0.25, 0.3) is 16.8 Å². The maximum absolute atomic E-state index is 12.0. The van der Waals surface area contributed by atoms with E-state index in [1.54, 1.807) is 18.2 Å². The number of nitrogens with one attached hydrogen (secondary N) is 1. The molecule has 3 N–H and O–H groups in total. The number of carbonyl (C=O) groups is 1. The summed E-state index contributed by atoms with van der Waals surface area (Å²) in [5.41, 5.74) is 1.30. The third-order valence-electron chi connectivity index (χ3n) is 3.70. The summed E-state index contributed by atoms with van der Waals surface area (Å²) >= 11 is 0. The zero-order valence-corrected chi connectivity index (χ0v) is 14.3. The molecule has 7 heteroatoms. The second-order valence-corrected chi connectivity index (χ2v) is 7.01. The zero-order chi connectivity index (χ0) is 18.7. The Labute approximate surface area is 150 Å². The van der Waals surface area contributed by atoms with Crippen LogP contribution in [-0.2, 0) is 14.9 Å². The second-order valence-electron chi connectivity index (χ2n) is 5.59. The molecule has 0 bridgehead atoms. The minimum Gasteiger partial charge on any atom is -0.507 e. The number of amides is 1. The van der Waals surface area contributed by atoms with Crippen molar-refractivity contribution in [2.75, 3.05) is 5.32 Å². The first-order valence-corrected chi connectivity index (χ1v) is 9.05. The Bertz CT molecular complexity index is 1110. The Kier molecular flexibility index (Phi) is 4.75. The van der Waals surface area contributed by atoms with Crippen molar-refractivity contribution in [3.8, 4) is 5.75 Å². The maximum Gasteiger partial charge on any atom is 0.294 e. The molecule has 0 aliphatic rings. The predicted octanol–water partition coefficient (Wildman–Crippen LogP) is 3.44. The fourth-order valence-corrected chi connectivity index (χ4v) is 3.01. The van der Waals surface area contributed by atoms with Crippen molar-refractivity contribution < 1.29 is 22.9 Å². The van der Waals surface area contributed by atoms with Gasteiger partial charge in [0.05, 0.1) is 4.90 Å². The van der Waals surface area contributed by atoms with E-state index in [9.17, 15) is 18.3 Å². The SMILES string of the molecule is O=C(C=Cc1ccccc1)Nc1ccc2c(O)cc(S(=O)(=O)O)cc2c1. The Morgan fingerprint density at radius 2 is 1.73 bits per heavy atom. The van der Waals surface area contributed by atoms with Crippen LogP contribution in [0.4, 0.5) is 5.69 Å². The summed E-state index contributed by atoms with van der Waals surface area (Å²) in [6.07, 6.45) is 3.05. The smallest absolute Gasteiger partial charge is 0.294 e. The van der Waals surface area contributed by atoms with Gasteiger partial charge in [0.2, 0.25) is 5.91 Å². The average molecular weight is 369 g/mol. The molecule has 0 spiro atoms. The third-order valence-corrected chi connectivity index (χ3v) is 4.53. The zero-order valence-electron chi connectivity index (χ0n) is 13.5. The topological polar surface area (TPSA) is 104 Å². The van der Waals surface area contributed by atoms with Crippen molar-refractivity contribution in [3.63, 3.8) is 0 Å². The molecular formula is C19H15NO5S. The Morgan fingerprint density at radius 1 is 1.00 bits per heavy atom. The van der Waals surface area contributed by atoms with Gasteiger partial charge in [-0.15, -0.1) is 0 Å². The monoisotopic (exact) mass is 369 g/mol. The van der Waals surface area contributed by atoms with Crippen LogP contribution in [0.15, 0.2) is 71.6 Å². The normalized spacial score (nSPS) is 11.7. The van der Waals surface area contributed by atoms with Crippen molar-refractivity contribution in [3.05, 3.63) is 72.3 Å². The summed E-state index contributed by atoms with van der Waals surface area (Å²) in [5.74, 6) is -0.639. The number of phenolic OH excluding ortho intramolecular Hbond substituents is 1. The summed E-state index contributed by atoms with van der Waals surface area (Å²) in [7, 11) is -4.45. The van der Waals surface area contributed by atoms with Gasteiger partial charge < -0.3 is 10.4 Å². The van der Waals surface area contributed by atoms with E-state index in [4.69, 9.17) is 4.55 Å². The number of rotatable bonds is 4.